The molecule has 4 saturated carbocycles. The average molecular weight is 582 g/mol. The van der Waals surface area contributed by atoms with Crippen LogP contribution in [-0.4, -0.2) is 86.8 Å². The Kier molecular flexibility index (Phi) is 9.55. The second-order valence-electron chi connectivity index (χ2n) is 13.9. The van der Waals surface area contributed by atoms with E-state index in [2.05, 4.69) is 32.7 Å². The van der Waals surface area contributed by atoms with Crippen molar-refractivity contribution in [2.45, 2.75) is 108 Å². The highest BCUT2D eigenvalue weighted by Crippen LogP contribution is 2.68. The maximum Gasteiger partial charge on any atom is 0.316 e. The lowest BCUT2D eigenvalue weighted by Crippen LogP contribution is -2.63. The summed E-state index contributed by atoms with van der Waals surface area (Å²) in [7, 11) is 0. The first-order valence-electron chi connectivity index (χ1n) is 15.1. The van der Waals surface area contributed by atoms with Crippen molar-refractivity contribution in [3.8, 4) is 0 Å². The normalized spacial score (nSPS) is 43.6. The molecule has 0 aromatic carbocycles. The van der Waals surface area contributed by atoms with Gasteiger partial charge in [0, 0.05) is 34.5 Å². The number of thioether (sulfide) groups is 1. The third kappa shape index (κ3) is 5.32. The van der Waals surface area contributed by atoms with Gasteiger partial charge in [-0.15, -0.1) is 18.3 Å². The van der Waals surface area contributed by atoms with Crippen LogP contribution in [-0.2, 0) is 14.3 Å². The summed E-state index contributed by atoms with van der Waals surface area (Å²) in [6.45, 7) is 11.4. The Morgan fingerprint density at radius 3 is 2.45 bits per heavy atom. The Morgan fingerprint density at radius 1 is 1.15 bits per heavy atom. The second kappa shape index (κ2) is 12.0. The number of carbonyl (C=O) groups is 2. The number of nitrogens with one attached hydrogen (secondary N) is 1. The molecule has 4 aliphatic carbocycles. The van der Waals surface area contributed by atoms with E-state index in [9.17, 15) is 30.0 Å². The van der Waals surface area contributed by atoms with Gasteiger partial charge in [-0.25, -0.2) is 0 Å². The van der Waals surface area contributed by atoms with Crippen molar-refractivity contribution in [1.82, 2.24) is 5.32 Å². The van der Waals surface area contributed by atoms with Crippen molar-refractivity contribution in [1.29, 1.82) is 0 Å². The Morgan fingerprint density at radius 2 is 1.82 bits per heavy atom. The fourth-order valence-corrected chi connectivity index (χ4v) is 9.93. The molecule has 4 fully saturated rings. The molecular formula is C31H51NO7S. The summed E-state index contributed by atoms with van der Waals surface area (Å²) in [6.07, 6.45) is 6.67. The van der Waals surface area contributed by atoms with Crippen molar-refractivity contribution in [3.63, 3.8) is 0 Å². The topological polar surface area (TPSA) is 136 Å². The summed E-state index contributed by atoms with van der Waals surface area (Å²) >= 11 is 1.55. The van der Waals surface area contributed by atoms with Gasteiger partial charge in [0.15, 0.2) is 0 Å². The molecule has 0 amide bonds. The van der Waals surface area contributed by atoms with Gasteiger partial charge in [0.2, 0.25) is 0 Å². The van der Waals surface area contributed by atoms with Crippen molar-refractivity contribution < 1.29 is 34.8 Å². The number of ether oxygens (including phenoxy) is 1. The van der Waals surface area contributed by atoms with Crippen molar-refractivity contribution in [3.05, 3.63) is 12.7 Å². The van der Waals surface area contributed by atoms with Crippen LogP contribution in [0, 0.1) is 34.0 Å². The minimum absolute atomic E-state index is 0.0332. The van der Waals surface area contributed by atoms with Crippen molar-refractivity contribution in [2.24, 2.45) is 34.0 Å². The molecule has 5 N–H and O–H groups in total. The summed E-state index contributed by atoms with van der Waals surface area (Å²) in [4.78, 5) is 27.0. The number of carbonyl (C=O) groups excluding carboxylic acids is 2. The Balaban J connectivity index is 1.49. The van der Waals surface area contributed by atoms with Gasteiger partial charge in [0.25, 0.3) is 0 Å². The summed E-state index contributed by atoms with van der Waals surface area (Å²) in [5.74, 6) is 0.0418. The first kappa shape index (κ1) is 32.0. The Labute approximate surface area is 243 Å². The number of aliphatic hydroxyl groups is 4. The zero-order chi connectivity index (χ0) is 29.5. The molecule has 0 radical (unpaired) electrons. The van der Waals surface area contributed by atoms with Crippen LogP contribution in [0.1, 0.15) is 79.1 Å². The van der Waals surface area contributed by atoms with Gasteiger partial charge in [-0.3, -0.25) is 9.59 Å². The molecule has 228 valence electrons. The average Bonchev–Trinajstić information content (AvgIpc) is 3.55. The molecule has 2 bridgehead atoms. The Hall–Kier alpha value is -0.970. The molecule has 4 aliphatic rings. The van der Waals surface area contributed by atoms with Gasteiger partial charge in [-0.05, 0) is 62.2 Å². The van der Waals surface area contributed by atoms with Crippen molar-refractivity contribution in [2.75, 3.05) is 25.6 Å². The van der Waals surface area contributed by atoms with E-state index in [0.29, 0.717) is 12.8 Å². The standard InChI is InChI=1S/C31H51NO7S/c1-6-28(4)14-24(29(5)19(2)9-11-31(20(3)27(28)38)12-10-23(36)26(29)31)39-25(37)15-40-22-8-7-21(13-22)32-30(16-33,17-34)18-35/h6,19-22,24,26-27,32-35,38H,1,7-18H2,2-5H3/t19-,20+,21?,22?,24-,26+,27+,28-,29+,31?/m1/s1. The van der Waals surface area contributed by atoms with Crippen molar-refractivity contribution >= 4 is 23.5 Å². The van der Waals surface area contributed by atoms with E-state index in [1.807, 2.05) is 13.0 Å². The third-order valence-electron chi connectivity index (χ3n) is 11.8. The van der Waals surface area contributed by atoms with Gasteiger partial charge < -0.3 is 30.5 Å². The lowest BCUT2D eigenvalue weighted by atomic mass is 9.44. The monoisotopic (exact) mass is 581 g/mol. The number of hydrogen-bond donors (Lipinski definition) is 5. The SMILES string of the molecule is C=C[C@]1(C)C[C@@H](OC(=O)CSC2CCC(NC(CO)(CO)CO)C2)[C@]2(C)[C@H](C)CCC3(CCC(=O)[C@H]32)[C@@H](C)[C@@H]1O. The minimum atomic E-state index is -1.11. The number of rotatable bonds is 10. The highest BCUT2D eigenvalue weighted by molar-refractivity contribution is 8.00. The number of esters is 1. The lowest BCUT2D eigenvalue weighted by molar-refractivity contribution is -0.205. The van der Waals surface area contributed by atoms with Crippen LogP contribution >= 0.6 is 11.8 Å². The number of hydrogen-bond acceptors (Lipinski definition) is 9. The van der Waals surface area contributed by atoms with Crippen LogP contribution in [0.25, 0.3) is 0 Å². The van der Waals surface area contributed by atoms with E-state index >= 15 is 0 Å². The number of Topliss-reactive ketones (excluding diaryl/α,β-unsaturated/α-hetero) is 1. The van der Waals surface area contributed by atoms with Gasteiger partial charge in [0.1, 0.15) is 11.9 Å². The highest BCUT2D eigenvalue weighted by atomic mass is 32.2. The number of ketones is 1. The molecule has 4 rings (SSSR count). The zero-order valence-corrected chi connectivity index (χ0v) is 25.5. The lowest BCUT2D eigenvalue weighted by Gasteiger charge is -2.61. The smallest absolute Gasteiger partial charge is 0.316 e. The maximum absolute atomic E-state index is 13.5. The molecule has 0 heterocycles. The molecule has 0 aromatic heterocycles. The summed E-state index contributed by atoms with van der Waals surface area (Å²) < 4.78 is 6.35. The van der Waals surface area contributed by atoms with Crippen LogP contribution in [0.5, 0.6) is 0 Å². The Bertz CT molecular complexity index is 950. The summed E-state index contributed by atoms with van der Waals surface area (Å²) in [5.41, 5.74) is -2.57. The summed E-state index contributed by atoms with van der Waals surface area (Å²) in [6, 6.07) is 0.0332. The van der Waals surface area contributed by atoms with Crippen LogP contribution in [0.15, 0.2) is 12.7 Å². The van der Waals surface area contributed by atoms with E-state index in [0.717, 1.165) is 38.5 Å². The summed E-state index contributed by atoms with van der Waals surface area (Å²) in [5, 5.41) is 44.0. The van der Waals surface area contributed by atoms with E-state index in [1.165, 1.54) is 0 Å². The van der Waals surface area contributed by atoms with Crippen LogP contribution in [0.2, 0.25) is 0 Å². The molecule has 8 nitrogen and oxygen atoms in total. The number of aliphatic hydroxyl groups excluding tert-OH is 4. The fraction of sp³-hybridized carbons (Fsp3) is 0.871. The highest BCUT2D eigenvalue weighted by Gasteiger charge is 2.68. The second-order valence-corrected chi connectivity index (χ2v) is 15.2. The molecule has 10 atom stereocenters. The maximum atomic E-state index is 13.5. The van der Waals surface area contributed by atoms with Crippen LogP contribution in [0.3, 0.4) is 0 Å². The largest absolute Gasteiger partial charge is 0.461 e. The zero-order valence-electron chi connectivity index (χ0n) is 24.7. The van der Waals surface area contributed by atoms with Crippen LogP contribution in [0.4, 0.5) is 0 Å². The molecule has 0 spiro atoms. The first-order chi connectivity index (χ1) is 18.8. The van der Waals surface area contributed by atoms with E-state index < -0.39 is 28.6 Å². The van der Waals surface area contributed by atoms with Gasteiger partial charge in [-0.2, -0.15) is 0 Å². The predicted molar refractivity (Wildman–Crippen MR) is 156 cm³/mol. The first-order valence-corrected chi connectivity index (χ1v) is 16.2. The van der Waals surface area contributed by atoms with E-state index in [-0.39, 0.29) is 71.8 Å². The molecule has 0 aromatic rings. The van der Waals surface area contributed by atoms with Gasteiger partial charge in [-0.1, -0.05) is 33.8 Å². The van der Waals surface area contributed by atoms with Crippen LogP contribution < -0.4 is 5.32 Å². The quantitative estimate of drug-likeness (QED) is 0.195. The minimum Gasteiger partial charge on any atom is -0.461 e. The molecular weight excluding hydrogens is 530 g/mol. The van der Waals surface area contributed by atoms with Gasteiger partial charge in [0.05, 0.1) is 37.2 Å². The molecule has 0 saturated heterocycles. The molecule has 0 aliphatic heterocycles. The third-order valence-corrected chi connectivity index (χ3v) is 13.1. The van der Waals surface area contributed by atoms with Gasteiger partial charge >= 0.3 is 5.97 Å². The predicted octanol–water partition coefficient (Wildman–Crippen LogP) is 2.85. The van der Waals surface area contributed by atoms with E-state index in [4.69, 9.17) is 4.74 Å². The molecule has 9 heteroatoms. The molecule has 3 unspecified atom stereocenters. The fourth-order valence-electron chi connectivity index (χ4n) is 8.82. The molecule has 40 heavy (non-hydrogen) atoms. The van der Waals surface area contributed by atoms with E-state index in [1.54, 1.807) is 11.8 Å².